The van der Waals surface area contributed by atoms with Crippen molar-refractivity contribution < 1.29 is 9.59 Å². The van der Waals surface area contributed by atoms with Gasteiger partial charge in [-0.05, 0) is 51.0 Å². The van der Waals surface area contributed by atoms with E-state index in [9.17, 15) is 9.59 Å². The van der Waals surface area contributed by atoms with Crippen LogP contribution in [0.25, 0.3) is 0 Å². The minimum Gasteiger partial charge on any atom is -0.362 e. The number of Topliss-reactive ketones (excluding diaryl/α,β-unsaturated/α-hetero) is 1. The number of amides is 1. The zero-order valence-corrected chi connectivity index (χ0v) is 12.6. The molecule has 0 N–H and O–H groups in total. The third-order valence-electron chi connectivity index (χ3n) is 3.97. The maximum Gasteiger partial charge on any atom is 0.242 e. The fraction of sp³-hybridized carbons (Fsp3) is 0.500. The molecule has 1 amide bonds. The highest BCUT2D eigenvalue weighted by Gasteiger charge is 2.23. The van der Waals surface area contributed by atoms with E-state index in [-0.39, 0.29) is 17.7 Å². The fourth-order valence-electron chi connectivity index (χ4n) is 2.42. The summed E-state index contributed by atoms with van der Waals surface area (Å²) in [5.41, 5.74) is 2.99. The summed E-state index contributed by atoms with van der Waals surface area (Å²) in [5, 5.41) is 0. The summed E-state index contributed by atoms with van der Waals surface area (Å²) in [6, 6.07) is 5.97. The number of carbonyl (C=O) groups excluding carboxylic acids is 2. The smallest absolute Gasteiger partial charge is 0.242 e. The highest BCUT2D eigenvalue weighted by atomic mass is 16.2. The van der Waals surface area contributed by atoms with Gasteiger partial charge < -0.3 is 9.80 Å². The van der Waals surface area contributed by atoms with Gasteiger partial charge in [-0.2, -0.15) is 0 Å². The number of hydrogen-bond acceptors (Lipinski definition) is 3. The molecule has 0 aromatic heterocycles. The molecular weight excluding hydrogens is 252 g/mol. The van der Waals surface area contributed by atoms with Crippen molar-refractivity contribution in [1.29, 1.82) is 0 Å². The van der Waals surface area contributed by atoms with Gasteiger partial charge in [-0.1, -0.05) is 0 Å². The molecule has 2 rings (SSSR count). The standard InChI is InChI=1S/C16H22N2O2/c1-11(2)17(4)16(20)10-18-8-7-14-9-13(12(3)19)5-6-15(14)18/h5-6,9,11H,7-8,10H2,1-4H3. The Morgan fingerprint density at radius 1 is 1.35 bits per heavy atom. The Kier molecular flexibility index (Phi) is 4.12. The molecule has 0 unspecified atom stereocenters. The summed E-state index contributed by atoms with van der Waals surface area (Å²) in [7, 11) is 1.84. The lowest BCUT2D eigenvalue weighted by molar-refractivity contribution is -0.129. The molecule has 1 aromatic rings. The molecule has 4 heteroatoms. The van der Waals surface area contributed by atoms with Gasteiger partial charge in [0.1, 0.15) is 0 Å². The van der Waals surface area contributed by atoms with Gasteiger partial charge in [0, 0.05) is 30.9 Å². The van der Waals surface area contributed by atoms with E-state index >= 15 is 0 Å². The predicted molar refractivity (Wildman–Crippen MR) is 80.3 cm³/mol. The van der Waals surface area contributed by atoms with Crippen molar-refractivity contribution in [2.75, 3.05) is 25.0 Å². The molecule has 20 heavy (non-hydrogen) atoms. The van der Waals surface area contributed by atoms with Gasteiger partial charge in [-0.3, -0.25) is 9.59 Å². The molecule has 1 aliphatic heterocycles. The van der Waals surface area contributed by atoms with E-state index in [0.717, 1.165) is 29.8 Å². The van der Waals surface area contributed by atoms with Gasteiger partial charge in [0.25, 0.3) is 0 Å². The summed E-state index contributed by atoms with van der Waals surface area (Å²) >= 11 is 0. The number of rotatable bonds is 4. The van der Waals surface area contributed by atoms with Crippen molar-refractivity contribution in [3.63, 3.8) is 0 Å². The molecule has 4 nitrogen and oxygen atoms in total. The lowest BCUT2D eigenvalue weighted by Crippen LogP contribution is -2.41. The van der Waals surface area contributed by atoms with Gasteiger partial charge >= 0.3 is 0 Å². The van der Waals surface area contributed by atoms with Gasteiger partial charge in [0.15, 0.2) is 5.78 Å². The second-order valence-corrected chi connectivity index (χ2v) is 5.67. The third kappa shape index (κ3) is 2.84. The topological polar surface area (TPSA) is 40.6 Å². The predicted octanol–water partition coefficient (Wildman–Crippen LogP) is 2.12. The minimum absolute atomic E-state index is 0.0851. The molecule has 1 heterocycles. The van der Waals surface area contributed by atoms with Crippen LogP contribution in [0.5, 0.6) is 0 Å². The quantitative estimate of drug-likeness (QED) is 0.790. The van der Waals surface area contributed by atoms with E-state index in [1.165, 1.54) is 0 Å². The van der Waals surface area contributed by atoms with Crippen LogP contribution in [0, 0.1) is 0 Å². The number of hydrogen-bond donors (Lipinski definition) is 0. The first-order valence-corrected chi connectivity index (χ1v) is 7.04. The van der Waals surface area contributed by atoms with E-state index in [1.54, 1.807) is 11.8 Å². The molecule has 0 bridgehead atoms. The monoisotopic (exact) mass is 274 g/mol. The molecule has 0 aliphatic carbocycles. The second-order valence-electron chi connectivity index (χ2n) is 5.67. The summed E-state index contributed by atoms with van der Waals surface area (Å²) in [5.74, 6) is 0.213. The lowest BCUT2D eigenvalue weighted by Gasteiger charge is -2.26. The van der Waals surface area contributed by atoms with Crippen molar-refractivity contribution in [3.05, 3.63) is 29.3 Å². The SMILES string of the molecule is CC(=O)c1ccc2c(c1)CCN2CC(=O)N(C)C(C)C. The van der Waals surface area contributed by atoms with Gasteiger partial charge in [-0.25, -0.2) is 0 Å². The van der Waals surface area contributed by atoms with Crippen LogP contribution >= 0.6 is 0 Å². The van der Waals surface area contributed by atoms with Crippen molar-refractivity contribution in [2.24, 2.45) is 0 Å². The summed E-state index contributed by atoms with van der Waals surface area (Å²) < 4.78 is 0. The van der Waals surface area contributed by atoms with Crippen LogP contribution in [0.4, 0.5) is 5.69 Å². The first kappa shape index (κ1) is 14.6. The highest BCUT2D eigenvalue weighted by molar-refractivity contribution is 5.95. The zero-order valence-electron chi connectivity index (χ0n) is 12.6. The van der Waals surface area contributed by atoms with Crippen LogP contribution in [0.2, 0.25) is 0 Å². The second kappa shape index (κ2) is 5.65. The molecular formula is C16H22N2O2. The van der Waals surface area contributed by atoms with Crippen molar-refractivity contribution in [3.8, 4) is 0 Å². The maximum absolute atomic E-state index is 12.2. The van der Waals surface area contributed by atoms with Crippen molar-refractivity contribution in [2.45, 2.75) is 33.2 Å². The van der Waals surface area contributed by atoms with Crippen molar-refractivity contribution >= 4 is 17.4 Å². The Bertz CT molecular complexity index is 537. The average molecular weight is 274 g/mol. The Labute approximate surface area is 120 Å². The summed E-state index contributed by atoms with van der Waals surface area (Å²) in [6.07, 6.45) is 0.898. The summed E-state index contributed by atoms with van der Waals surface area (Å²) in [6.45, 7) is 6.84. The number of benzene rings is 1. The number of fused-ring (bicyclic) bond motifs is 1. The Morgan fingerprint density at radius 2 is 2.05 bits per heavy atom. The fourth-order valence-corrected chi connectivity index (χ4v) is 2.42. The van der Waals surface area contributed by atoms with Crippen LogP contribution in [-0.4, -0.2) is 42.8 Å². The van der Waals surface area contributed by atoms with E-state index in [4.69, 9.17) is 0 Å². The van der Waals surface area contributed by atoms with E-state index in [1.807, 2.05) is 39.1 Å². The van der Waals surface area contributed by atoms with Crippen LogP contribution in [0.1, 0.15) is 36.7 Å². The van der Waals surface area contributed by atoms with Crippen LogP contribution in [-0.2, 0) is 11.2 Å². The van der Waals surface area contributed by atoms with Gasteiger partial charge in [0.2, 0.25) is 5.91 Å². The van der Waals surface area contributed by atoms with E-state index in [2.05, 4.69) is 4.90 Å². The van der Waals surface area contributed by atoms with Gasteiger partial charge in [0.05, 0.1) is 6.54 Å². The molecule has 0 radical (unpaired) electrons. The first-order chi connectivity index (χ1) is 9.40. The number of likely N-dealkylation sites (N-methyl/N-ethyl adjacent to an activating group) is 1. The van der Waals surface area contributed by atoms with Gasteiger partial charge in [-0.15, -0.1) is 0 Å². The van der Waals surface area contributed by atoms with Crippen LogP contribution in [0.15, 0.2) is 18.2 Å². The molecule has 0 atom stereocenters. The Balaban J connectivity index is 2.13. The Hall–Kier alpha value is -1.84. The Morgan fingerprint density at radius 3 is 2.65 bits per heavy atom. The molecule has 0 saturated heterocycles. The average Bonchev–Trinajstić information content (AvgIpc) is 2.80. The first-order valence-electron chi connectivity index (χ1n) is 7.04. The molecule has 0 fully saturated rings. The normalized spacial score (nSPS) is 13.6. The zero-order chi connectivity index (χ0) is 14.9. The maximum atomic E-state index is 12.2. The minimum atomic E-state index is 0.0851. The number of ketones is 1. The molecule has 108 valence electrons. The lowest BCUT2D eigenvalue weighted by atomic mass is 10.1. The molecule has 0 saturated carbocycles. The molecule has 1 aromatic carbocycles. The number of nitrogens with zero attached hydrogens (tertiary/aromatic N) is 2. The van der Waals surface area contributed by atoms with Crippen LogP contribution < -0.4 is 4.90 Å². The number of anilines is 1. The van der Waals surface area contributed by atoms with E-state index < -0.39 is 0 Å². The number of carbonyl (C=O) groups is 2. The molecule has 0 spiro atoms. The summed E-state index contributed by atoms with van der Waals surface area (Å²) in [4.78, 5) is 27.4. The van der Waals surface area contributed by atoms with E-state index in [0.29, 0.717) is 6.54 Å². The largest absolute Gasteiger partial charge is 0.362 e. The molecule has 1 aliphatic rings. The highest BCUT2D eigenvalue weighted by Crippen LogP contribution is 2.28. The van der Waals surface area contributed by atoms with Crippen molar-refractivity contribution in [1.82, 2.24) is 4.90 Å². The van der Waals surface area contributed by atoms with Crippen LogP contribution in [0.3, 0.4) is 0 Å². The third-order valence-corrected chi connectivity index (χ3v) is 3.97.